The molecule has 1 N–H and O–H groups in total. The fourth-order valence-electron chi connectivity index (χ4n) is 1.00. The zero-order chi connectivity index (χ0) is 12.0. The number of thioether (sulfide) groups is 1. The molecule has 0 rings (SSSR count). The van der Waals surface area contributed by atoms with Gasteiger partial charge in [0.15, 0.2) is 0 Å². The average molecular weight is 233 g/mol. The van der Waals surface area contributed by atoms with Crippen molar-refractivity contribution in [1.29, 1.82) is 0 Å². The van der Waals surface area contributed by atoms with E-state index in [1.807, 2.05) is 6.26 Å². The Balaban J connectivity index is 4.05. The van der Waals surface area contributed by atoms with Gasteiger partial charge >= 0.3 is 5.97 Å². The van der Waals surface area contributed by atoms with Crippen molar-refractivity contribution in [2.24, 2.45) is 0 Å². The molecule has 0 spiro atoms. The molecule has 4 nitrogen and oxygen atoms in total. The fraction of sp³-hybridized carbons (Fsp3) is 0.800. The highest BCUT2D eigenvalue weighted by atomic mass is 32.2. The molecule has 2 atom stereocenters. The maximum absolute atomic E-state index is 11.6. The number of amides is 1. The molecule has 15 heavy (non-hydrogen) atoms. The van der Waals surface area contributed by atoms with E-state index in [9.17, 15) is 9.59 Å². The van der Waals surface area contributed by atoms with E-state index >= 15 is 0 Å². The Kier molecular flexibility index (Phi) is 6.40. The van der Waals surface area contributed by atoms with Gasteiger partial charge in [0.2, 0.25) is 5.91 Å². The van der Waals surface area contributed by atoms with Gasteiger partial charge in [0.25, 0.3) is 0 Å². The summed E-state index contributed by atoms with van der Waals surface area (Å²) >= 11 is 1.71. The first kappa shape index (κ1) is 14.3. The molecule has 0 aliphatic rings. The Morgan fingerprint density at radius 1 is 1.40 bits per heavy atom. The molecule has 0 fully saturated rings. The lowest BCUT2D eigenvalue weighted by atomic mass is 10.2. The Morgan fingerprint density at radius 2 is 1.93 bits per heavy atom. The summed E-state index contributed by atoms with van der Waals surface area (Å²) in [5, 5.41) is 9.16. The molecule has 88 valence electrons. The number of nitrogens with zero attached hydrogens (tertiary/aromatic N) is 1. The quantitative estimate of drug-likeness (QED) is 0.754. The van der Waals surface area contributed by atoms with E-state index in [1.165, 1.54) is 18.9 Å². The van der Waals surface area contributed by atoms with Gasteiger partial charge in [-0.3, -0.25) is 4.79 Å². The molecular formula is C10H19NO3S. The Hall–Kier alpha value is -0.710. The van der Waals surface area contributed by atoms with Crippen LogP contribution in [0.3, 0.4) is 0 Å². The van der Waals surface area contributed by atoms with Crippen LogP contribution in [0.25, 0.3) is 0 Å². The molecule has 0 aromatic heterocycles. The molecular weight excluding hydrogens is 214 g/mol. The Labute approximate surface area is 95.0 Å². The minimum Gasteiger partial charge on any atom is -0.480 e. The monoisotopic (exact) mass is 233 g/mol. The van der Waals surface area contributed by atoms with Crippen LogP contribution in [0.1, 0.15) is 26.7 Å². The second-order valence-electron chi connectivity index (χ2n) is 3.60. The lowest BCUT2D eigenvalue weighted by Gasteiger charge is -2.21. The largest absolute Gasteiger partial charge is 0.480 e. The zero-order valence-corrected chi connectivity index (χ0v) is 10.5. The highest BCUT2D eigenvalue weighted by Crippen LogP contribution is 2.13. The molecule has 0 radical (unpaired) electrons. The number of aliphatic carboxylic acids is 1. The van der Waals surface area contributed by atoms with E-state index in [4.69, 9.17) is 5.11 Å². The van der Waals surface area contributed by atoms with Crippen molar-refractivity contribution in [3.8, 4) is 0 Å². The molecule has 0 bridgehead atoms. The van der Waals surface area contributed by atoms with E-state index < -0.39 is 12.0 Å². The lowest BCUT2D eigenvalue weighted by Crippen LogP contribution is -2.40. The number of hydrogen-bond donors (Lipinski definition) is 1. The number of carboxylic acids is 1. The van der Waals surface area contributed by atoms with Crippen LogP contribution in [-0.2, 0) is 9.59 Å². The Morgan fingerprint density at radius 3 is 2.33 bits per heavy atom. The van der Waals surface area contributed by atoms with Gasteiger partial charge in [0.1, 0.15) is 6.04 Å². The summed E-state index contributed by atoms with van der Waals surface area (Å²) in [4.78, 5) is 23.5. The fourth-order valence-corrected chi connectivity index (χ4v) is 1.36. The maximum atomic E-state index is 11.6. The first-order valence-corrected chi connectivity index (χ1v) is 6.20. The first-order valence-electron chi connectivity index (χ1n) is 4.91. The third-order valence-corrected chi connectivity index (χ3v) is 3.54. The minimum atomic E-state index is -0.969. The first-order chi connectivity index (χ1) is 6.90. The topological polar surface area (TPSA) is 57.6 Å². The van der Waals surface area contributed by atoms with Gasteiger partial charge in [-0.15, -0.1) is 0 Å². The predicted molar refractivity (Wildman–Crippen MR) is 62.1 cm³/mol. The summed E-state index contributed by atoms with van der Waals surface area (Å²) < 4.78 is 0. The number of hydrogen-bond acceptors (Lipinski definition) is 3. The second kappa shape index (κ2) is 6.71. The van der Waals surface area contributed by atoms with E-state index in [0.717, 1.165) is 6.42 Å². The highest BCUT2D eigenvalue weighted by Gasteiger charge is 2.21. The molecule has 0 saturated carbocycles. The molecule has 0 aliphatic carbocycles. The maximum Gasteiger partial charge on any atom is 0.326 e. The summed E-state index contributed by atoms with van der Waals surface area (Å²) in [6, 6.07) is -0.748. The molecule has 0 heterocycles. The van der Waals surface area contributed by atoms with Crippen molar-refractivity contribution in [2.45, 2.75) is 38.0 Å². The molecule has 1 amide bonds. The molecule has 0 aromatic carbocycles. The van der Waals surface area contributed by atoms with Crippen molar-refractivity contribution >= 4 is 23.6 Å². The van der Waals surface area contributed by atoms with E-state index in [-0.39, 0.29) is 5.91 Å². The predicted octanol–water partition coefficient (Wildman–Crippen LogP) is 1.45. The van der Waals surface area contributed by atoms with Gasteiger partial charge in [-0.1, -0.05) is 6.92 Å². The van der Waals surface area contributed by atoms with Crippen LogP contribution in [0.4, 0.5) is 0 Å². The van der Waals surface area contributed by atoms with Crippen molar-refractivity contribution in [2.75, 3.05) is 13.3 Å². The van der Waals surface area contributed by atoms with Crippen LogP contribution in [0.2, 0.25) is 0 Å². The Bertz CT molecular complexity index is 233. The summed E-state index contributed by atoms with van der Waals surface area (Å²) in [7, 11) is 1.53. The van der Waals surface area contributed by atoms with Crippen LogP contribution in [0, 0.1) is 0 Å². The van der Waals surface area contributed by atoms with Crippen molar-refractivity contribution in [3.05, 3.63) is 0 Å². The van der Waals surface area contributed by atoms with Gasteiger partial charge in [-0.25, -0.2) is 4.79 Å². The van der Waals surface area contributed by atoms with E-state index in [1.54, 1.807) is 11.8 Å². The number of carbonyl (C=O) groups is 2. The summed E-state index contributed by atoms with van der Waals surface area (Å²) in [6.07, 6.45) is 3.20. The number of likely N-dealkylation sites (N-methyl/N-ethyl adjacent to an activating group) is 1. The highest BCUT2D eigenvalue weighted by molar-refractivity contribution is 7.99. The van der Waals surface area contributed by atoms with Crippen molar-refractivity contribution < 1.29 is 14.7 Å². The van der Waals surface area contributed by atoms with Gasteiger partial charge in [-0.2, -0.15) is 11.8 Å². The molecule has 0 saturated heterocycles. The smallest absolute Gasteiger partial charge is 0.326 e. The standard InChI is InChI=1S/C10H19NO3S/c1-7(15-4)5-6-9(12)11(3)8(2)10(13)14/h7-8H,5-6H2,1-4H3,(H,13,14)/t7?,8-/m1/s1. The molecule has 0 aliphatic heterocycles. The average Bonchev–Trinajstić information content (AvgIpc) is 2.22. The minimum absolute atomic E-state index is 0.106. The summed E-state index contributed by atoms with van der Waals surface area (Å²) in [5.41, 5.74) is 0. The van der Waals surface area contributed by atoms with Gasteiger partial charge < -0.3 is 10.0 Å². The third kappa shape index (κ3) is 5.06. The van der Waals surface area contributed by atoms with E-state index in [2.05, 4.69) is 6.92 Å². The summed E-state index contributed by atoms with van der Waals surface area (Å²) in [5.74, 6) is -1.07. The van der Waals surface area contributed by atoms with Crippen LogP contribution in [-0.4, -0.2) is 46.5 Å². The second-order valence-corrected chi connectivity index (χ2v) is 4.88. The van der Waals surface area contributed by atoms with Crippen LogP contribution in [0.15, 0.2) is 0 Å². The van der Waals surface area contributed by atoms with Gasteiger partial charge in [-0.05, 0) is 19.6 Å². The number of carboxylic acid groups (broad SMARTS) is 1. The SMILES string of the molecule is CSC(C)CCC(=O)N(C)[C@H](C)C(=O)O. The molecule has 5 heteroatoms. The molecule has 0 aromatic rings. The molecule has 1 unspecified atom stereocenters. The van der Waals surface area contributed by atoms with E-state index in [0.29, 0.717) is 11.7 Å². The van der Waals surface area contributed by atoms with Crippen LogP contribution < -0.4 is 0 Å². The number of rotatable bonds is 6. The normalized spacial score (nSPS) is 14.4. The summed E-state index contributed by atoms with van der Waals surface area (Å²) in [6.45, 7) is 3.57. The number of carbonyl (C=O) groups excluding carboxylic acids is 1. The van der Waals surface area contributed by atoms with Crippen molar-refractivity contribution in [1.82, 2.24) is 4.90 Å². The third-order valence-electron chi connectivity index (χ3n) is 2.50. The van der Waals surface area contributed by atoms with Gasteiger partial charge in [0.05, 0.1) is 0 Å². The van der Waals surface area contributed by atoms with Crippen LogP contribution >= 0.6 is 11.8 Å². The lowest BCUT2D eigenvalue weighted by molar-refractivity contribution is -0.148. The zero-order valence-electron chi connectivity index (χ0n) is 9.69. The van der Waals surface area contributed by atoms with Crippen LogP contribution in [0.5, 0.6) is 0 Å². The van der Waals surface area contributed by atoms with Gasteiger partial charge in [0, 0.05) is 18.7 Å². The van der Waals surface area contributed by atoms with Crippen molar-refractivity contribution in [3.63, 3.8) is 0 Å².